The van der Waals surface area contributed by atoms with E-state index in [1.54, 1.807) is 0 Å². The first-order valence-electron chi connectivity index (χ1n) is 8.18. The number of halogens is 4. The van der Waals surface area contributed by atoms with Crippen LogP contribution in [0.15, 0.2) is 18.5 Å². The summed E-state index contributed by atoms with van der Waals surface area (Å²) in [6.07, 6.45) is -2.16. The van der Waals surface area contributed by atoms with Gasteiger partial charge in [0.25, 0.3) is 0 Å². The fraction of sp³-hybridized carbons (Fsp3) is 0.353. The number of unbranched alkanes of at least 4 members (excludes halogenated alkanes) is 1. The monoisotopic (exact) mass is 384 g/mol. The van der Waals surface area contributed by atoms with Crippen molar-refractivity contribution in [1.29, 1.82) is 0 Å². The van der Waals surface area contributed by atoms with Crippen LogP contribution in [-0.2, 0) is 22.3 Å². The van der Waals surface area contributed by atoms with Crippen LogP contribution in [-0.4, -0.2) is 27.1 Å². The number of nitrogens with zero attached hydrogens (tertiary/aromatic N) is 3. The number of anilines is 1. The second-order valence-electron chi connectivity index (χ2n) is 5.97. The highest BCUT2D eigenvalue weighted by atomic mass is 19.4. The number of nitrogens with two attached hydrogens (primary N) is 1. The van der Waals surface area contributed by atoms with Crippen LogP contribution in [0.3, 0.4) is 0 Å². The van der Waals surface area contributed by atoms with E-state index in [0.717, 1.165) is 23.4 Å². The van der Waals surface area contributed by atoms with Crippen molar-refractivity contribution in [3.05, 3.63) is 29.8 Å². The van der Waals surface area contributed by atoms with Crippen LogP contribution in [0, 0.1) is 5.82 Å². The van der Waals surface area contributed by atoms with Crippen LogP contribution in [0.25, 0.3) is 21.9 Å². The number of hydrogen-bond donors (Lipinski definition) is 1. The van der Waals surface area contributed by atoms with Gasteiger partial charge in [-0.25, -0.2) is 14.4 Å². The number of benzene rings is 1. The van der Waals surface area contributed by atoms with Gasteiger partial charge in [-0.05, 0) is 18.6 Å². The third-order valence-electron chi connectivity index (χ3n) is 4.09. The summed E-state index contributed by atoms with van der Waals surface area (Å²) in [4.78, 5) is 19.8. The van der Waals surface area contributed by atoms with Crippen LogP contribution in [0.1, 0.15) is 25.3 Å². The fourth-order valence-electron chi connectivity index (χ4n) is 2.85. The molecule has 2 N–H and O–H groups in total. The summed E-state index contributed by atoms with van der Waals surface area (Å²) >= 11 is 0. The molecule has 3 aromatic rings. The summed E-state index contributed by atoms with van der Waals surface area (Å²) in [6, 6.07) is 1.16. The van der Waals surface area contributed by atoms with E-state index < -0.39 is 30.1 Å². The molecule has 0 saturated heterocycles. The van der Waals surface area contributed by atoms with E-state index in [-0.39, 0.29) is 34.4 Å². The maximum Gasteiger partial charge on any atom is 0.416 e. The van der Waals surface area contributed by atoms with E-state index in [4.69, 9.17) is 10.5 Å². The highest BCUT2D eigenvalue weighted by molar-refractivity contribution is 6.12. The first-order chi connectivity index (χ1) is 12.7. The van der Waals surface area contributed by atoms with E-state index in [2.05, 4.69) is 9.97 Å². The first kappa shape index (κ1) is 18.9. The Morgan fingerprint density at radius 3 is 2.70 bits per heavy atom. The lowest BCUT2D eigenvalue weighted by Crippen LogP contribution is -2.15. The summed E-state index contributed by atoms with van der Waals surface area (Å²) in [5.74, 6) is -1.90. The highest BCUT2D eigenvalue weighted by Gasteiger charge is 2.33. The zero-order chi connectivity index (χ0) is 19.8. The van der Waals surface area contributed by atoms with E-state index in [9.17, 15) is 22.4 Å². The second-order valence-corrected chi connectivity index (χ2v) is 5.97. The largest absolute Gasteiger partial charge is 0.464 e. The summed E-state index contributed by atoms with van der Waals surface area (Å²) in [5, 5.41) is -0.0596. The van der Waals surface area contributed by atoms with Crippen LogP contribution in [0.4, 0.5) is 23.4 Å². The van der Waals surface area contributed by atoms with Gasteiger partial charge in [0.2, 0.25) is 0 Å². The molecule has 6 nitrogen and oxygen atoms in total. The Morgan fingerprint density at radius 1 is 1.30 bits per heavy atom. The molecule has 0 amide bonds. The van der Waals surface area contributed by atoms with Crippen LogP contribution >= 0.6 is 0 Å². The van der Waals surface area contributed by atoms with Gasteiger partial charge in [-0.3, -0.25) is 4.79 Å². The summed E-state index contributed by atoms with van der Waals surface area (Å²) in [5.41, 5.74) is 4.47. The average Bonchev–Trinajstić information content (AvgIpc) is 2.90. The number of carbonyl (C=O) groups is 1. The maximum absolute atomic E-state index is 14.6. The lowest BCUT2D eigenvalue weighted by Gasteiger charge is -2.10. The molecule has 0 saturated carbocycles. The molecule has 0 bridgehead atoms. The van der Waals surface area contributed by atoms with Gasteiger partial charge >= 0.3 is 12.1 Å². The Morgan fingerprint density at radius 2 is 2.04 bits per heavy atom. The lowest BCUT2D eigenvalue weighted by atomic mass is 10.1. The van der Waals surface area contributed by atoms with Crippen LogP contribution < -0.4 is 5.73 Å². The Bertz CT molecular complexity index is 1010. The van der Waals surface area contributed by atoms with Gasteiger partial charge in [0, 0.05) is 5.39 Å². The summed E-state index contributed by atoms with van der Waals surface area (Å²) in [7, 11) is 0. The third kappa shape index (κ3) is 3.51. The Balaban J connectivity index is 2.20. The molecule has 1 aromatic carbocycles. The van der Waals surface area contributed by atoms with Crippen molar-refractivity contribution in [2.24, 2.45) is 0 Å². The number of ether oxygens (including phenoxy) is 1. The van der Waals surface area contributed by atoms with E-state index in [1.165, 1.54) is 0 Å². The minimum atomic E-state index is -4.74. The number of esters is 1. The molecule has 0 fully saturated rings. The first-order valence-corrected chi connectivity index (χ1v) is 8.18. The maximum atomic E-state index is 14.6. The van der Waals surface area contributed by atoms with Gasteiger partial charge in [-0.2, -0.15) is 13.2 Å². The number of fused-ring (bicyclic) bond motifs is 3. The number of hydrogen-bond acceptors (Lipinski definition) is 5. The second kappa shape index (κ2) is 7.01. The number of nitrogen functional groups attached to an aromatic ring is 1. The molecule has 0 aliphatic rings. The quantitative estimate of drug-likeness (QED) is 0.412. The normalized spacial score (nSPS) is 12.0. The van der Waals surface area contributed by atoms with Gasteiger partial charge in [-0.1, -0.05) is 13.3 Å². The van der Waals surface area contributed by atoms with Crippen LogP contribution in [0.2, 0.25) is 0 Å². The molecule has 0 unspecified atom stereocenters. The standard InChI is InChI=1S/C17H16F4N4O2/c1-2-3-4-27-12(26)7-25-14-10(13-15(22)23-8-24-16(13)25)5-9(6-11(14)18)17(19,20)21/h5-6,8H,2-4,7H2,1H3,(H2,22,23,24). The topological polar surface area (TPSA) is 83.0 Å². The van der Waals surface area contributed by atoms with Crippen molar-refractivity contribution in [3.63, 3.8) is 0 Å². The molecule has 2 heterocycles. The number of rotatable bonds is 5. The van der Waals surface area contributed by atoms with E-state index in [0.29, 0.717) is 12.5 Å². The Kier molecular flexibility index (Phi) is 4.90. The summed E-state index contributed by atoms with van der Waals surface area (Å²) in [6.45, 7) is 1.71. The molecule has 144 valence electrons. The molecule has 10 heteroatoms. The molecule has 0 spiro atoms. The highest BCUT2D eigenvalue weighted by Crippen LogP contribution is 2.37. The van der Waals surface area contributed by atoms with Crippen molar-refractivity contribution >= 4 is 33.7 Å². The fourth-order valence-corrected chi connectivity index (χ4v) is 2.85. The zero-order valence-electron chi connectivity index (χ0n) is 14.3. The molecule has 0 aliphatic heterocycles. The van der Waals surface area contributed by atoms with Gasteiger partial charge in [0.1, 0.15) is 30.2 Å². The minimum Gasteiger partial charge on any atom is -0.464 e. The van der Waals surface area contributed by atoms with Crippen molar-refractivity contribution in [2.75, 3.05) is 12.3 Å². The van der Waals surface area contributed by atoms with Crippen molar-refractivity contribution < 1.29 is 27.1 Å². The van der Waals surface area contributed by atoms with Gasteiger partial charge in [0.05, 0.1) is 23.1 Å². The van der Waals surface area contributed by atoms with Crippen molar-refractivity contribution in [2.45, 2.75) is 32.5 Å². The zero-order valence-corrected chi connectivity index (χ0v) is 14.3. The number of carbonyl (C=O) groups excluding carboxylic acids is 1. The van der Waals surface area contributed by atoms with E-state index in [1.807, 2.05) is 6.92 Å². The Labute approximate surface area is 150 Å². The molecule has 2 aromatic heterocycles. The molecule has 3 rings (SSSR count). The average molecular weight is 384 g/mol. The molecule has 0 aliphatic carbocycles. The van der Waals surface area contributed by atoms with Gasteiger partial charge in [-0.15, -0.1) is 0 Å². The van der Waals surface area contributed by atoms with E-state index >= 15 is 0 Å². The van der Waals surface area contributed by atoms with Crippen molar-refractivity contribution in [3.8, 4) is 0 Å². The molecule has 0 radical (unpaired) electrons. The predicted molar refractivity (Wildman–Crippen MR) is 90.3 cm³/mol. The minimum absolute atomic E-state index is 0.0545. The predicted octanol–water partition coefficient (Wildman–Crippen LogP) is 3.67. The SMILES string of the molecule is CCCCOC(=O)Cn1c2ncnc(N)c2c2cc(C(F)(F)F)cc(F)c21. The molecule has 27 heavy (non-hydrogen) atoms. The van der Waals surface area contributed by atoms with Crippen molar-refractivity contribution in [1.82, 2.24) is 14.5 Å². The molecular formula is C17H16F4N4O2. The summed E-state index contributed by atoms with van der Waals surface area (Å²) < 4.78 is 60.1. The number of aromatic nitrogens is 3. The lowest BCUT2D eigenvalue weighted by molar-refractivity contribution is -0.144. The number of alkyl halides is 3. The Hall–Kier alpha value is -2.91. The van der Waals surface area contributed by atoms with Gasteiger partial charge in [0.15, 0.2) is 0 Å². The molecular weight excluding hydrogens is 368 g/mol. The third-order valence-corrected chi connectivity index (χ3v) is 4.09. The van der Waals surface area contributed by atoms with Gasteiger partial charge < -0.3 is 15.0 Å². The van der Waals surface area contributed by atoms with Crippen LogP contribution in [0.5, 0.6) is 0 Å². The smallest absolute Gasteiger partial charge is 0.416 e. The molecule has 0 atom stereocenters.